The van der Waals surface area contributed by atoms with Crippen molar-refractivity contribution in [2.75, 3.05) is 5.73 Å². The number of nitrogen functional groups attached to an aromatic ring is 1. The Morgan fingerprint density at radius 3 is 2.89 bits per heavy atom. The molecule has 3 N–H and O–H groups in total. The highest BCUT2D eigenvalue weighted by atomic mass is 16.1. The zero-order valence-corrected chi connectivity index (χ0v) is 10.5. The van der Waals surface area contributed by atoms with Gasteiger partial charge in [0.05, 0.1) is 17.9 Å². The van der Waals surface area contributed by atoms with Crippen LogP contribution in [0.1, 0.15) is 34.1 Å². The first kappa shape index (κ1) is 11.7. The summed E-state index contributed by atoms with van der Waals surface area (Å²) in [5.41, 5.74) is 9.05. The van der Waals surface area contributed by atoms with Gasteiger partial charge in [-0.05, 0) is 36.1 Å². The van der Waals surface area contributed by atoms with Crippen LogP contribution in [0.3, 0.4) is 0 Å². The average Bonchev–Trinajstić information content (AvgIpc) is 2.83. The second-order valence-electron chi connectivity index (χ2n) is 4.74. The topological polar surface area (TPSA) is 68.0 Å². The summed E-state index contributed by atoms with van der Waals surface area (Å²) < 4.78 is 0. The highest BCUT2D eigenvalue weighted by Crippen LogP contribution is 2.30. The van der Waals surface area contributed by atoms with Crippen molar-refractivity contribution in [3.63, 3.8) is 0 Å². The van der Waals surface area contributed by atoms with Crippen LogP contribution in [0.4, 0.5) is 5.69 Å². The molecule has 1 aromatic carbocycles. The van der Waals surface area contributed by atoms with Crippen molar-refractivity contribution >= 4 is 11.6 Å². The van der Waals surface area contributed by atoms with Gasteiger partial charge in [0.15, 0.2) is 0 Å². The smallest absolute Gasteiger partial charge is 0.270 e. The van der Waals surface area contributed by atoms with Crippen molar-refractivity contribution in [3.8, 4) is 0 Å². The molecule has 1 aliphatic carbocycles. The summed E-state index contributed by atoms with van der Waals surface area (Å²) in [5.74, 6) is -0.151. The van der Waals surface area contributed by atoms with Gasteiger partial charge in [0.1, 0.15) is 5.69 Å². The van der Waals surface area contributed by atoms with Crippen LogP contribution in [-0.4, -0.2) is 10.9 Å². The third-order valence-corrected chi connectivity index (χ3v) is 3.46. The van der Waals surface area contributed by atoms with E-state index in [0.717, 1.165) is 12.8 Å². The number of rotatable bonds is 2. The molecule has 0 saturated carbocycles. The molecule has 1 unspecified atom stereocenters. The summed E-state index contributed by atoms with van der Waals surface area (Å²) in [6.07, 6.45) is 3.45. The first-order valence-corrected chi connectivity index (χ1v) is 6.34. The van der Waals surface area contributed by atoms with Crippen molar-refractivity contribution in [2.24, 2.45) is 0 Å². The van der Waals surface area contributed by atoms with Crippen LogP contribution in [0, 0.1) is 0 Å². The largest absolute Gasteiger partial charge is 0.397 e. The van der Waals surface area contributed by atoms with Crippen LogP contribution in [0.25, 0.3) is 0 Å². The predicted molar refractivity (Wildman–Crippen MR) is 73.6 cm³/mol. The summed E-state index contributed by atoms with van der Waals surface area (Å²) in [4.78, 5) is 16.1. The van der Waals surface area contributed by atoms with Crippen molar-refractivity contribution in [2.45, 2.75) is 18.9 Å². The third kappa shape index (κ3) is 2.29. The zero-order valence-electron chi connectivity index (χ0n) is 10.5. The van der Waals surface area contributed by atoms with E-state index in [1.807, 2.05) is 12.1 Å². The summed E-state index contributed by atoms with van der Waals surface area (Å²) in [7, 11) is 0. The third-order valence-electron chi connectivity index (χ3n) is 3.46. The Bertz CT molecular complexity index is 607. The van der Waals surface area contributed by atoms with Crippen molar-refractivity contribution < 1.29 is 4.79 Å². The van der Waals surface area contributed by atoms with Crippen molar-refractivity contribution in [3.05, 3.63) is 59.4 Å². The first-order chi connectivity index (χ1) is 9.24. The van der Waals surface area contributed by atoms with Gasteiger partial charge in [-0.15, -0.1) is 0 Å². The van der Waals surface area contributed by atoms with Gasteiger partial charge in [-0.2, -0.15) is 0 Å². The second kappa shape index (κ2) is 4.72. The van der Waals surface area contributed by atoms with E-state index in [9.17, 15) is 4.79 Å². The fraction of sp³-hybridized carbons (Fsp3) is 0.200. The molecule has 19 heavy (non-hydrogen) atoms. The van der Waals surface area contributed by atoms with E-state index < -0.39 is 0 Å². The summed E-state index contributed by atoms with van der Waals surface area (Å²) in [6.45, 7) is 0. The molecule has 3 rings (SSSR count). The molecule has 96 valence electrons. The molecule has 1 aromatic heterocycles. The number of anilines is 1. The number of benzene rings is 1. The van der Waals surface area contributed by atoms with E-state index in [-0.39, 0.29) is 11.9 Å². The van der Waals surface area contributed by atoms with E-state index in [0.29, 0.717) is 11.4 Å². The number of carbonyl (C=O) groups excluding carboxylic acids is 1. The minimum atomic E-state index is -0.151. The molecule has 1 amide bonds. The molecule has 0 aliphatic heterocycles. The fourth-order valence-corrected chi connectivity index (χ4v) is 2.48. The number of amides is 1. The number of aryl methyl sites for hydroxylation is 1. The first-order valence-electron chi connectivity index (χ1n) is 6.34. The van der Waals surface area contributed by atoms with E-state index in [1.165, 1.54) is 17.3 Å². The minimum Gasteiger partial charge on any atom is -0.397 e. The van der Waals surface area contributed by atoms with Crippen LogP contribution < -0.4 is 11.1 Å². The fourth-order valence-electron chi connectivity index (χ4n) is 2.48. The quantitative estimate of drug-likeness (QED) is 0.861. The van der Waals surface area contributed by atoms with E-state index in [2.05, 4.69) is 22.4 Å². The lowest BCUT2D eigenvalue weighted by Crippen LogP contribution is -2.27. The maximum atomic E-state index is 12.1. The number of aromatic nitrogens is 1. The van der Waals surface area contributed by atoms with Crippen LogP contribution in [-0.2, 0) is 6.42 Å². The number of hydrogen-bond donors (Lipinski definition) is 2. The molecule has 1 aliphatic rings. The second-order valence-corrected chi connectivity index (χ2v) is 4.74. The highest BCUT2D eigenvalue weighted by molar-refractivity contribution is 5.92. The highest BCUT2D eigenvalue weighted by Gasteiger charge is 2.23. The maximum Gasteiger partial charge on any atom is 0.270 e. The normalized spacial score (nSPS) is 16.9. The predicted octanol–water partition coefficient (Wildman–Crippen LogP) is 2.08. The molecule has 0 saturated heterocycles. The Kier molecular flexibility index (Phi) is 2.91. The molecule has 4 heteroatoms. The number of nitrogens with one attached hydrogen (secondary N) is 1. The SMILES string of the molecule is Nc1ccc(C(=O)NC2CCc3ccccc32)nc1. The molecule has 1 heterocycles. The number of fused-ring (bicyclic) bond motifs is 1. The Morgan fingerprint density at radius 2 is 2.11 bits per heavy atom. The number of pyridine rings is 1. The lowest BCUT2D eigenvalue weighted by molar-refractivity contribution is 0.0932. The number of hydrogen-bond acceptors (Lipinski definition) is 3. The molecule has 0 fully saturated rings. The zero-order chi connectivity index (χ0) is 13.2. The lowest BCUT2D eigenvalue weighted by atomic mass is 10.1. The van der Waals surface area contributed by atoms with Gasteiger partial charge in [-0.25, -0.2) is 4.98 Å². The molecular weight excluding hydrogens is 238 g/mol. The summed E-state index contributed by atoms with van der Waals surface area (Å²) in [6, 6.07) is 11.6. The van der Waals surface area contributed by atoms with Gasteiger partial charge in [0.25, 0.3) is 5.91 Å². The number of nitrogens with zero attached hydrogens (tertiary/aromatic N) is 1. The van der Waals surface area contributed by atoms with Crippen LogP contribution in [0.15, 0.2) is 42.6 Å². The van der Waals surface area contributed by atoms with Gasteiger partial charge in [0, 0.05) is 0 Å². The van der Waals surface area contributed by atoms with E-state index >= 15 is 0 Å². The Hall–Kier alpha value is -2.36. The lowest BCUT2D eigenvalue weighted by Gasteiger charge is -2.13. The molecule has 0 spiro atoms. The standard InChI is InChI=1S/C15H15N3O/c16-11-6-8-14(17-9-11)15(19)18-13-7-5-10-3-1-2-4-12(10)13/h1-4,6,8-9,13H,5,7,16H2,(H,18,19). The molecule has 0 bridgehead atoms. The molecule has 4 nitrogen and oxygen atoms in total. The summed E-state index contributed by atoms with van der Waals surface area (Å²) in [5, 5.41) is 3.03. The monoisotopic (exact) mass is 253 g/mol. The minimum absolute atomic E-state index is 0.0862. The average molecular weight is 253 g/mol. The van der Waals surface area contributed by atoms with E-state index in [4.69, 9.17) is 5.73 Å². The van der Waals surface area contributed by atoms with Gasteiger partial charge >= 0.3 is 0 Å². The Balaban J connectivity index is 1.76. The molecule has 0 radical (unpaired) electrons. The van der Waals surface area contributed by atoms with E-state index in [1.54, 1.807) is 12.1 Å². The molecule has 1 atom stereocenters. The van der Waals surface area contributed by atoms with Gasteiger partial charge in [-0.3, -0.25) is 4.79 Å². The van der Waals surface area contributed by atoms with Crippen molar-refractivity contribution in [1.29, 1.82) is 0 Å². The number of nitrogens with two attached hydrogens (primary N) is 1. The molecule has 2 aromatic rings. The summed E-state index contributed by atoms with van der Waals surface area (Å²) >= 11 is 0. The van der Waals surface area contributed by atoms with Crippen LogP contribution in [0.5, 0.6) is 0 Å². The van der Waals surface area contributed by atoms with Crippen molar-refractivity contribution in [1.82, 2.24) is 10.3 Å². The maximum absolute atomic E-state index is 12.1. The van der Waals surface area contributed by atoms with Crippen LogP contribution >= 0.6 is 0 Å². The molecular formula is C15H15N3O. The van der Waals surface area contributed by atoms with Crippen LogP contribution in [0.2, 0.25) is 0 Å². The Labute approximate surface area is 111 Å². The van der Waals surface area contributed by atoms with Gasteiger partial charge in [0.2, 0.25) is 0 Å². The van der Waals surface area contributed by atoms with Gasteiger partial charge in [-0.1, -0.05) is 24.3 Å². The van der Waals surface area contributed by atoms with Gasteiger partial charge < -0.3 is 11.1 Å². The number of carbonyl (C=O) groups is 1. The Morgan fingerprint density at radius 1 is 1.26 bits per heavy atom.